The monoisotopic (exact) mass is 541 g/mol. The van der Waals surface area contributed by atoms with E-state index in [-0.39, 0.29) is 17.4 Å². The summed E-state index contributed by atoms with van der Waals surface area (Å²) in [5.74, 6) is 1.10. The number of aryl methyl sites for hydroxylation is 1. The first-order chi connectivity index (χ1) is 18.7. The first kappa shape index (κ1) is 26.6. The van der Waals surface area contributed by atoms with Gasteiger partial charge in [0.05, 0.1) is 12.1 Å². The molecule has 0 saturated carbocycles. The number of hydrogen-bond acceptors (Lipinski definition) is 5. The molecule has 2 aromatic heterocycles. The van der Waals surface area contributed by atoms with Gasteiger partial charge in [-0.1, -0.05) is 19.9 Å². The standard InChI is InChI=1S/C28H30F3N5O3/c1-3-13-35-25-23(26(37)36(14-4-2)27(35)38)32-24(33-25)18-8-10-21(11-9-18)39-22-12-15-34(17-22)20-7-5-6-19(16-20)28(29,30)31/h5-11,16,22H,3-4,12-15,17H2,1-2H3,(H,32,33). The number of anilines is 1. The fourth-order valence-electron chi connectivity index (χ4n) is 4.97. The Balaban J connectivity index is 1.33. The van der Waals surface area contributed by atoms with Crippen LogP contribution in [0.5, 0.6) is 5.75 Å². The van der Waals surface area contributed by atoms with Crippen LogP contribution in [0.1, 0.15) is 38.7 Å². The predicted octanol–water partition coefficient (Wildman–Crippen LogP) is 5.05. The third-order valence-electron chi connectivity index (χ3n) is 6.87. The minimum atomic E-state index is -4.38. The summed E-state index contributed by atoms with van der Waals surface area (Å²) < 4.78 is 48.2. The zero-order valence-electron chi connectivity index (χ0n) is 21.8. The molecule has 1 unspecified atom stereocenters. The number of benzene rings is 2. The van der Waals surface area contributed by atoms with Crippen molar-refractivity contribution in [2.24, 2.45) is 0 Å². The maximum Gasteiger partial charge on any atom is 0.416 e. The van der Waals surface area contributed by atoms with Crippen LogP contribution in [0.15, 0.2) is 58.1 Å². The highest BCUT2D eigenvalue weighted by atomic mass is 19.4. The second-order valence-electron chi connectivity index (χ2n) is 9.72. The minimum absolute atomic E-state index is 0.169. The molecule has 39 heavy (non-hydrogen) atoms. The van der Waals surface area contributed by atoms with Crippen LogP contribution >= 0.6 is 0 Å². The molecule has 11 heteroatoms. The number of ether oxygens (including phenoxy) is 1. The Kier molecular flexibility index (Phi) is 7.24. The van der Waals surface area contributed by atoms with Crippen molar-refractivity contribution in [1.29, 1.82) is 0 Å². The summed E-state index contributed by atoms with van der Waals surface area (Å²) in [6.07, 6.45) is -2.49. The van der Waals surface area contributed by atoms with E-state index in [2.05, 4.69) is 9.97 Å². The van der Waals surface area contributed by atoms with Crippen LogP contribution in [0.25, 0.3) is 22.6 Å². The summed E-state index contributed by atoms with van der Waals surface area (Å²) in [5, 5.41) is 0. The Hall–Kier alpha value is -4.02. The van der Waals surface area contributed by atoms with Crippen molar-refractivity contribution in [2.45, 2.75) is 58.5 Å². The van der Waals surface area contributed by atoms with E-state index in [1.54, 1.807) is 22.8 Å². The maximum atomic E-state index is 13.1. The Bertz CT molecular complexity index is 1590. The second kappa shape index (κ2) is 10.6. The highest BCUT2D eigenvalue weighted by molar-refractivity contribution is 5.75. The van der Waals surface area contributed by atoms with Gasteiger partial charge in [0.2, 0.25) is 0 Å². The average Bonchev–Trinajstić information content (AvgIpc) is 3.57. The van der Waals surface area contributed by atoms with Crippen molar-refractivity contribution < 1.29 is 17.9 Å². The van der Waals surface area contributed by atoms with Crippen molar-refractivity contribution >= 4 is 16.9 Å². The minimum Gasteiger partial charge on any atom is -0.489 e. The quantitative estimate of drug-likeness (QED) is 0.338. The van der Waals surface area contributed by atoms with Crippen LogP contribution in [-0.4, -0.2) is 38.3 Å². The molecule has 1 N–H and O–H groups in total. The highest BCUT2D eigenvalue weighted by Gasteiger charge is 2.32. The van der Waals surface area contributed by atoms with Gasteiger partial charge in [0, 0.05) is 37.3 Å². The third kappa shape index (κ3) is 5.30. The molecule has 0 aliphatic carbocycles. The molecule has 1 saturated heterocycles. The lowest BCUT2D eigenvalue weighted by molar-refractivity contribution is -0.137. The molecule has 1 atom stereocenters. The summed E-state index contributed by atoms with van der Waals surface area (Å²) in [6.45, 7) is 5.74. The van der Waals surface area contributed by atoms with Crippen LogP contribution in [0.3, 0.4) is 0 Å². The largest absolute Gasteiger partial charge is 0.489 e. The van der Waals surface area contributed by atoms with Gasteiger partial charge in [-0.15, -0.1) is 0 Å². The number of halogens is 3. The molecular formula is C28H30F3N5O3. The summed E-state index contributed by atoms with van der Waals surface area (Å²) in [6, 6.07) is 12.6. The molecule has 4 aromatic rings. The number of nitrogens with one attached hydrogen (secondary N) is 1. The van der Waals surface area contributed by atoms with E-state index < -0.39 is 11.7 Å². The van der Waals surface area contributed by atoms with Crippen molar-refractivity contribution in [3.05, 3.63) is 74.9 Å². The smallest absolute Gasteiger partial charge is 0.416 e. The Morgan fingerprint density at radius 2 is 1.74 bits per heavy atom. The number of fused-ring (bicyclic) bond motifs is 1. The van der Waals surface area contributed by atoms with Crippen LogP contribution in [0.4, 0.5) is 18.9 Å². The fraction of sp³-hybridized carbons (Fsp3) is 0.393. The van der Waals surface area contributed by atoms with Gasteiger partial charge in [0.15, 0.2) is 5.65 Å². The van der Waals surface area contributed by atoms with Gasteiger partial charge in [-0.2, -0.15) is 13.2 Å². The number of hydrogen-bond donors (Lipinski definition) is 1. The van der Waals surface area contributed by atoms with E-state index in [1.807, 2.05) is 30.9 Å². The van der Waals surface area contributed by atoms with E-state index in [0.29, 0.717) is 67.4 Å². The van der Waals surface area contributed by atoms with Crippen LogP contribution in [-0.2, 0) is 19.3 Å². The molecule has 0 bridgehead atoms. The molecular weight excluding hydrogens is 511 g/mol. The number of nitrogens with zero attached hydrogens (tertiary/aromatic N) is 4. The van der Waals surface area contributed by atoms with E-state index >= 15 is 0 Å². The lowest BCUT2D eigenvalue weighted by Crippen LogP contribution is -2.40. The topological polar surface area (TPSA) is 85.2 Å². The van der Waals surface area contributed by atoms with Crippen LogP contribution in [0.2, 0.25) is 0 Å². The van der Waals surface area contributed by atoms with Crippen molar-refractivity contribution in [3.8, 4) is 17.1 Å². The van der Waals surface area contributed by atoms with E-state index in [9.17, 15) is 22.8 Å². The number of aromatic amines is 1. The van der Waals surface area contributed by atoms with Crippen molar-refractivity contribution in [2.75, 3.05) is 18.0 Å². The van der Waals surface area contributed by atoms with Crippen molar-refractivity contribution in [1.82, 2.24) is 19.1 Å². The molecule has 0 spiro atoms. The van der Waals surface area contributed by atoms with Gasteiger partial charge in [-0.25, -0.2) is 9.78 Å². The van der Waals surface area contributed by atoms with Gasteiger partial charge < -0.3 is 14.6 Å². The summed E-state index contributed by atoms with van der Waals surface area (Å²) in [7, 11) is 0. The highest BCUT2D eigenvalue weighted by Crippen LogP contribution is 2.33. The lowest BCUT2D eigenvalue weighted by Gasteiger charge is -2.20. The van der Waals surface area contributed by atoms with Gasteiger partial charge in [0.1, 0.15) is 23.2 Å². The maximum absolute atomic E-state index is 13.1. The first-order valence-corrected chi connectivity index (χ1v) is 13.1. The fourth-order valence-corrected chi connectivity index (χ4v) is 4.97. The van der Waals surface area contributed by atoms with E-state index in [4.69, 9.17) is 4.74 Å². The number of aromatic nitrogens is 4. The molecule has 2 aromatic carbocycles. The normalized spacial score (nSPS) is 15.8. The molecule has 0 radical (unpaired) electrons. The zero-order valence-corrected chi connectivity index (χ0v) is 21.8. The summed E-state index contributed by atoms with van der Waals surface area (Å²) in [4.78, 5) is 35.5. The molecule has 206 valence electrons. The molecule has 5 rings (SSSR count). The number of rotatable bonds is 8. The second-order valence-corrected chi connectivity index (χ2v) is 9.72. The van der Waals surface area contributed by atoms with E-state index in [1.165, 1.54) is 16.7 Å². The summed E-state index contributed by atoms with van der Waals surface area (Å²) >= 11 is 0. The van der Waals surface area contributed by atoms with Gasteiger partial charge in [-0.05, 0) is 55.3 Å². The first-order valence-electron chi connectivity index (χ1n) is 13.1. The Labute approximate surface area is 222 Å². The van der Waals surface area contributed by atoms with Gasteiger partial charge >= 0.3 is 11.9 Å². The SMILES string of the molecule is CCCn1c(=O)c2[nH]c(-c3ccc(OC4CCN(c5cccc(C(F)(F)F)c5)C4)cc3)nc2n(CCC)c1=O. The number of H-pyrrole nitrogens is 1. The van der Waals surface area contributed by atoms with E-state index in [0.717, 1.165) is 18.1 Å². The lowest BCUT2D eigenvalue weighted by atomic mass is 10.2. The molecule has 8 nitrogen and oxygen atoms in total. The van der Waals surface area contributed by atoms with Crippen LogP contribution in [0, 0.1) is 0 Å². The molecule has 1 aliphatic rings. The number of alkyl halides is 3. The van der Waals surface area contributed by atoms with Crippen molar-refractivity contribution in [3.63, 3.8) is 0 Å². The molecule has 0 amide bonds. The molecule has 1 fully saturated rings. The third-order valence-corrected chi connectivity index (χ3v) is 6.87. The van der Waals surface area contributed by atoms with Crippen LogP contribution < -0.4 is 20.9 Å². The average molecular weight is 542 g/mol. The van der Waals surface area contributed by atoms with Gasteiger partial charge in [-0.3, -0.25) is 13.9 Å². The molecule has 3 heterocycles. The Morgan fingerprint density at radius 3 is 2.44 bits per heavy atom. The predicted molar refractivity (Wildman–Crippen MR) is 143 cm³/mol. The zero-order chi connectivity index (χ0) is 27.7. The number of imidazole rings is 1. The Morgan fingerprint density at radius 1 is 1.03 bits per heavy atom. The summed E-state index contributed by atoms with van der Waals surface area (Å²) in [5.41, 5.74) is 0.496. The van der Waals surface area contributed by atoms with Gasteiger partial charge in [0.25, 0.3) is 5.56 Å². The molecule has 1 aliphatic heterocycles.